The van der Waals surface area contributed by atoms with Crippen LogP contribution in [0.2, 0.25) is 0 Å². The molecule has 0 amide bonds. The van der Waals surface area contributed by atoms with Crippen molar-refractivity contribution >= 4 is 35.5 Å². The molecule has 0 radical (unpaired) electrons. The quantitative estimate of drug-likeness (QED) is 0.238. The lowest BCUT2D eigenvalue weighted by atomic mass is 10.1. The summed E-state index contributed by atoms with van der Waals surface area (Å²) < 4.78 is 5.82. The Balaban J connectivity index is 2.45. The van der Waals surface area contributed by atoms with Crippen LogP contribution in [-0.4, -0.2) is 40.3 Å². The van der Waals surface area contributed by atoms with E-state index < -0.39 is 11.9 Å². The van der Waals surface area contributed by atoms with Crippen LogP contribution in [-0.2, 0) is 9.59 Å². The van der Waals surface area contributed by atoms with Gasteiger partial charge in [-0.05, 0) is 24.1 Å². The van der Waals surface area contributed by atoms with Gasteiger partial charge in [0, 0.05) is 11.5 Å². The highest BCUT2D eigenvalue weighted by molar-refractivity contribution is 8.16. The molecule has 0 aromatic heterocycles. The molecule has 0 saturated carbocycles. The fourth-order valence-electron chi connectivity index (χ4n) is 2.54. The van der Waals surface area contributed by atoms with Crippen molar-refractivity contribution in [1.29, 1.82) is 0 Å². The monoisotopic (exact) mass is 428 g/mol. The maximum Gasteiger partial charge on any atom is 0.304 e. The van der Waals surface area contributed by atoms with Gasteiger partial charge in [-0.1, -0.05) is 51.2 Å². The van der Waals surface area contributed by atoms with Crippen LogP contribution in [0.25, 0.3) is 0 Å². The molecular weight excluding hydrogens is 396 g/mol. The van der Waals surface area contributed by atoms with E-state index in [0.29, 0.717) is 11.5 Å². The highest BCUT2D eigenvalue weighted by Gasteiger charge is 2.14. The highest BCUT2D eigenvalue weighted by atomic mass is 32.2. The number of aliphatic carboxylic acids is 2. The van der Waals surface area contributed by atoms with Crippen molar-refractivity contribution in [2.45, 2.75) is 62.9 Å². The minimum atomic E-state index is -0.819. The number of ether oxygens (including phenoxy) is 1. The number of carboxylic acid groups (broad SMARTS) is 2. The van der Waals surface area contributed by atoms with Crippen molar-refractivity contribution in [3.8, 4) is 5.75 Å². The standard InChI is InChI=1S/C21H32O5S2/c1-2-3-4-5-6-7-14-26-18-10-8-17(9-11-18)21(27-15-12-19(22)23)28-16-13-20(24)25/h8-11,21H,2-7,12-16H2,1H3,(H,22,23)(H,24,25). The highest BCUT2D eigenvalue weighted by Crippen LogP contribution is 2.40. The van der Waals surface area contributed by atoms with E-state index in [4.69, 9.17) is 14.9 Å². The summed E-state index contributed by atoms with van der Waals surface area (Å²) in [5.74, 6) is 0.190. The second-order valence-electron chi connectivity index (χ2n) is 6.55. The van der Waals surface area contributed by atoms with Crippen molar-refractivity contribution in [2.24, 2.45) is 0 Å². The van der Waals surface area contributed by atoms with E-state index in [9.17, 15) is 9.59 Å². The Labute approximate surface area is 176 Å². The summed E-state index contributed by atoms with van der Waals surface area (Å²) in [5.41, 5.74) is 1.05. The van der Waals surface area contributed by atoms with Crippen LogP contribution < -0.4 is 4.74 Å². The van der Waals surface area contributed by atoms with E-state index in [-0.39, 0.29) is 17.4 Å². The van der Waals surface area contributed by atoms with Crippen LogP contribution in [0, 0.1) is 0 Å². The SMILES string of the molecule is CCCCCCCCOc1ccc(C(SCCC(=O)O)SCCC(=O)O)cc1. The van der Waals surface area contributed by atoms with Crippen LogP contribution in [0.4, 0.5) is 0 Å². The molecule has 28 heavy (non-hydrogen) atoms. The molecule has 0 spiro atoms. The zero-order chi connectivity index (χ0) is 20.6. The predicted octanol–water partition coefficient (Wildman–Crippen LogP) is 5.84. The third-order valence-electron chi connectivity index (χ3n) is 4.09. The van der Waals surface area contributed by atoms with Crippen molar-refractivity contribution in [1.82, 2.24) is 0 Å². The molecule has 7 heteroatoms. The Morgan fingerprint density at radius 2 is 1.43 bits per heavy atom. The van der Waals surface area contributed by atoms with Gasteiger partial charge < -0.3 is 14.9 Å². The lowest BCUT2D eigenvalue weighted by molar-refractivity contribution is -0.137. The average molecular weight is 429 g/mol. The smallest absolute Gasteiger partial charge is 0.304 e. The van der Waals surface area contributed by atoms with Crippen molar-refractivity contribution < 1.29 is 24.5 Å². The first-order chi connectivity index (χ1) is 13.5. The van der Waals surface area contributed by atoms with E-state index in [2.05, 4.69) is 6.92 Å². The average Bonchev–Trinajstić information content (AvgIpc) is 2.66. The molecule has 1 rings (SSSR count). The topological polar surface area (TPSA) is 83.8 Å². The Bertz CT molecular complexity index is 542. The Kier molecular flexibility index (Phi) is 13.7. The Morgan fingerprint density at radius 1 is 0.893 bits per heavy atom. The lowest BCUT2D eigenvalue weighted by Gasteiger charge is -2.16. The first kappa shape index (κ1) is 24.7. The molecule has 5 nitrogen and oxygen atoms in total. The Hall–Kier alpha value is -1.34. The van der Waals surface area contributed by atoms with Gasteiger partial charge in [0.1, 0.15) is 5.75 Å². The second kappa shape index (κ2) is 15.6. The number of carbonyl (C=O) groups is 2. The van der Waals surface area contributed by atoms with E-state index >= 15 is 0 Å². The minimum Gasteiger partial charge on any atom is -0.494 e. The maximum atomic E-state index is 10.7. The van der Waals surface area contributed by atoms with Gasteiger partial charge in [0.05, 0.1) is 24.0 Å². The molecule has 2 N–H and O–H groups in total. The number of hydrogen-bond donors (Lipinski definition) is 2. The molecule has 0 bridgehead atoms. The largest absolute Gasteiger partial charge is 0.494 e. The van der Waals surface area contributed by atoms with Gasteiger partial charge in [-0.3, -0.25) is 9.59 Å². The molecule has 0 unspecified atom stereocenters. The van der Waals surface area contributed by atoms with E-state index in [1.807, 2.05) is 24.3 Å². The number of rotatable bonds is 17. The lowest BCUT2D eigenvalue weighted by Crippen LogP contribution is -2.01. The molecule has 0 fully saturated rings. The van der Waals surface area contributed by atoms with Gasteiger partial charge in [-0.2, -0.15) is 0 Å². The summed E-state index contributed by atoms with van der Waals surface area (Å²) >= 11 is 3.08. The van der Waals surface area contributed by atoms with Gasteiger partial charge in [-0.25, -0.2) is 0 Å². The first-order valence-corrected chi connectivity index (χ1v) is 12.0. The molecule has 158 valence electrons. The molecule has 0 heterocycles. The third-order valence-corrected chi connectivity index (χ3v) is 6.94. The molecular formula is C21H32O5S2. The van der Waals surface area contributed by atoms with Gasteiger partial charge in [0.15, 0.2) is 0 Å². The number of unbranched alkanes of at least 4 members (excludes halogenated alkanes) is 5. The van der Waals surface area contributed by atoms with E-state index in [0.717, 1.165) is 24.3 Å². The van der Waals surface area contributed by atoms with Crippen molar-refractivity contribution in [2.75, 3.05) is 18.1 Å². The Morgan fingerprint density at radius 3 is 1.96 bits per heavy atom. The molecule has 1 aromatic rings. The van der Waals surface area contributed by atoms with Gasteiger partial charge >= 0.3 is 11.9 Å². The number of hydrogen-bond acceptors (Lipinski definition) is 5. The number of thioether (sulfide) groups is 2. The van der Waals surface area contributed by atoms with Crippen molar-refractivity contribution in [3.05, 3.63) is 29.8 Å². The third kappa shape index (κ3) is 12.2. The van der Waals surface area contributed by atoms with Crippen LogP contribution in [0.15, 0.2) is 24.3 Å². The summed E-state index contributed by atoms with van der Waals surface area (Å²) in [6.45, 7) is 2.93. The fourth-order valence-corrected chi connectivity index (χ4v) is 5.22. The summed E-state index contributed by atoms with van der Waals surface area (Å²) in [6.07, 6.45) is 7.57. The minimum absolute atomic E-state index is 0.0197. The van der Waals surface area contributed by atoms with Crippen LogP contribution in [0.1, 0.15) is 68.4 Å². The normalized spacial score (nSPS) is 10.9. The summed E-state index contributed by atoms with van der Waals surface area (Å²) in [7, 11) is 0. The zero-order valence-electron chi connectivity index (χ0n) is 16.6. The molecule has 0 saturated heterocycles. The van der Waals surface area contributed by atoms with Crippen molar-refractivity contribution in [3.63, 3.8) is 0 Å². The van der Waals surface area contributed by atoms with Crippen LogP contribution in [0.3, 0.4) is 0 Å². The number of carboxylic acids is 2. The van der Waals surface area contributed by atoms with Crippen LogP contribution >= 0.6 is 23.5 Å². The van der Waals surface area contributed by atoms with Gasteiger partial charge in [0.2, 0.25) is 0 Å². The summed E-state index contributed by atoms with van der Waals surface area (Å²) in [6, 6.07) is 7.86. The number of benzene rings is 1. The van der Waals surface area contributed by atoms with Gasteiger partial charge in [-0.15, -0.1) is 23.5 Å². The second-order valence-corrected chi connectivity index (χ2v) is 9.27. The first-order valence-electron chi connectivity index (χ1n) is 9.92. The molecule has 0 aliphatic carbocycles. The molecule has 1 aromatic carbocycles. The molecule has 0 aliphatic heterocycles. The maximum absolute atomic E-state index is 10.7. The summed E-state index contributed by atoms with van der Waals surface area (Å²) in [4.78, 5) is 21.5. The zero-order valence-corrected chi connectivity index (χ0v) is 18.2. The van der Waals surface area contributed by atoms with E-state index in [1.165, 1.54) is 55.6 Å². The van der Waals surface area contributed by atoms with Gasteiger partial charge in [0.25, 0.3) is 0 Å². The molecule has 0 aliphatic rings. The fraction of sp³-hybridized carbons (Fsp3) is 0.619. The molecule has 0 atom stereocenters. The predicted molar refractivity (Wildman–Crippen MR) is 117 cm³/mol. The van der Waals surface area contributed by atoms with Crippen LogP contribution in [0.5, 0.6) is 5.75 Å². The van der Waals surface area contributed by atoms with E-state index in [1.54, 1.807) is 0 Å². The summed E-state index contributed by atoms with van der Waals surface area (Å²) in [5, 5.41) is 17.7.